The molecule has 0 bridgehead atoms. The van der Waals surface area contributed by atoms with Gasteiger partial charge in [-0.1, -0.05) is 41.9 Å². The molecule has 8 nitrogen and oxygen atoms in total. The molecule has 0 radical (unpaired) electrons. The van der Waals surface area contributed by atoms with Crippen LogP contribution < -0.4 is 9.99 Å². The largest absolute Gasteiger partial charge is 0.462 e. The van der Waals surface area contributed by atoms with Gasteiger partial charge in [-0.05, 0) is 48.9 Å². The van der Waals surface area contributed by atoms with Crippen molar-refractivity contribution in [3.05, 3.63) is 93.9 Å². The lowest BCUT2D eigenvalue weighted by atomic mass is 10.2. The van der Waals surface area contributed by atoms with Crippen LogP contribution in [0.15, 0.2) is 82.5 Å². The molecular formula is C24H22ClN3O5S. The van der Waals surface area contributed by atoms with Crippen LogP contribution in [0.4, 0.5) is 5.69 Å². The van der Waals surface area contributed by atoms with E-state index < -0.39 is 16.0 Å². The van der Waals surface area contributed by atoms with Crippen LogP contribution in [0.3, 0.4) is 0 Å². The number of halogens is 1. The zero-order valence-electron chi connectivity index (χ0n) is 18.3. The zero-order valence-corrected chi connectivity index (χ0v) is 19.8. The Balaban J connectivity index is 1.45. The highest BCUT2D eigenvalue weighted by Gasteiger charge is 2.24. The van der Waals surface area contributed by atoms with E-state index in [1.54, 1.807) is 34.9 Å². The summed E-state index contributed by atoms with van der Waals surface area (Å²) in [5, 5.41) is 0.0826. The number of ether oxygens (including phenoxy) is 1. The van der Waals surface area contributed by atoms with Crippen LogP contribution in [0.5, 0.6) is 0 Å². The fourth-order valence-electron chi connectivity index (χ4n) is 3.55. The van der Waals surface area contributed by atoms with Crippen molar-refractivity contribution in [2.45, 2.75) is 17.9 Å². The number of aromatic nitrogens is 2. The molecule has 1 aromatic heterocycles. The number of fused-ring (bicyclic) bond motifs is 1. The number of nitrogens with one attached hydrogen (secondary N) is 1. The van der Waals surface area contributed by atoms with Gasteiger partial charge >= 0.3 is 11.7 Å². The monoisotopic (exact) mass is 499 g/mol. The SMILES string of the molecule is CN(c1ccccc1)S(=O)(=O)c1ccc(Cl)c(C(=O)OCCCn2c(=O)[nH]c3ccccc32)c1. The quantitative estimate of drug-likeness (QED) is 0.291. The lowest BCUT2D eigenvalue weighted by molar-refractivity contribution is 0.0496. The molecular weight excluding hydrogens is 478 g/mol. The Kier molecular flexibility index (Phi) is 6.76. The highest BCUT2D eigenvalue weighted by atomic mass is 35.5. The minimum atomic E-state index is -3.92. The minimum Gasteiger partial charge on any atom is -0.462 e. The van der Waals surface area contributed by atoms with Crippen LogP contribution >= 0.6 is 11.6 Å². The summed E-state index contributed by atoms with van der Waals surface area (Å²) >= 11 is 6.16. The highest BCUT2D eigenvalue weighted by Crippen LogP contribution is 2.26. The number of imidazole rings is 1. The fourth-order valence-corrected chi connectivity index (χ4v) is 4.97. The molecule has 34 heavy (non-hydrogen) atoms. The fraction of sp³-hybridized carbons (Fsp3) is 0.167. The van der Waals surface area contributed by atoms with Crippen LogP contribution in [0.2, 0.25) is 5.02 Å². The zero-order chi connectivity index (χ0) is 24.3. The van der Waals surface area contributed by atoms with Crippen molar-refractivity contribution in [1.82, 2.24) is 9.55 Å². The van der Waals surface area contributed by atoms with E-state index >= 15 is 0 Å². The molecule has 3 aromatic carbocycles. The van der Waals surface area contributed by atoms with Crippen LogP contribution in [-0.2, 0) is 21.3 Å². The van der Waals surface area contributed by atoms with E-state index in [9.17, 15) is 18.0 Å². The van der Waals surface area contributed by atoms with E-state index in [4.69, 9.17) is 16.3 Å². The number of aromatic amines is 1. The number of hydrogen-bond acceptors (Lipinski definition) is 5. The molecule has 1 heterocycles. The van der Waals surface area contributed by atoms with Gasteiger partial charge in [0.1, 0.15) is 0 Å². The standard InChI is InChI=1S/C24H22ClN3O5S/c1-27(17-8-3-2-4-9-17)34(31,32)18-12-13-20(25)19(16-18)23(29)33-15-7-14-28-22-11-6-5-10-21(22)26-24(28)30/h2-6,8-13,16H,7,14-15H2,1H3,(H,26,30). The van der Waals surface area contributed by atoms with Crippen molar-refractivity contribution in [3.8, 4) is 0 Å². The first kappa shape index (κ1) is 23.6. The van der Waals surface area contributed by atoms with Crippen molar-refractivity contribution >= 4 is 44.3 Å². The van der Waals surface area contributed by atoms with E-state index in [1.807, 2.05) is 24.3 Å². The maximum absolute atomic E-state index is 13.0. The van der Waals surface area contributed by atoms with Gasteiger partial charge in [-0.25, -0.2) is 18.0 Å². The summed E-state index contributed by atoms with van der Waals surface area (Å²) in [4.78, 5) is 27.5. The van der Waals surface area contributed by atoms with Crippen LogP contribution in [0.1, 0.15) is 16.8 Å². The molecule has 4 aromatic rings. The number of aryl methyl sites for hydroxylation is 1. The third-order valence-electron chi connectivity index (χ3n) is 5.38. The van der Waals surface area contributed by atoms with Gasteiger partial charge in [0.2, 0.25) is 0 Å². The summed E-state index contributed by atoms with van der Waals surface area (Å²) in [6.45, 7) is 0.377. The molecule has 10 heteroatoms. The average Bonchev–Trinajstić information content (AvgIpc) is 3.16. The topological polar surface area (TPSA) is 101 Å². The van der Waals surface area contributed by atoms with Crippen LogP contribution in [0, 0.1) is 0 Å². The number of hydrogen-bond donors (Lipinski definition) is 1. The first-order valence-electron chi connectivity index (χ1n) is 10.5. The van der Waals surface area contributed by atoms with E-state index in [0.717, 1.165) is 15.3 Å². The van der Waals surface area contributed by atoms with Crippen LogP contribution in [-0.4, -0.2) is 37.6 Å². The van der Waals surface area contributed by atoms with Gasteiger partial charge in [0, 0.05) is 13.6 Å². The number of esters is 1. The summed E-state index contributed by atoms with van der Waals surface area (Å²) in [7, 11) is -2.49. The maximum Gasteiger partial charge on any atom is 0.339 e. The number of anilines is 1. The molecule has 0 atom stereocenters. The summed E-state index contributed by atoms with van der Waals surface area (Å²) in [5.74, 6) is -0.740. The molecule has 0 aliphatic heterocycles. The molecule has 0 aliphatic carbocycles. The van der Waals surface area contributed by atoms with Gasteiger partial charge in [-0.2, -0.15) is 0 Å². The second-order valence-corrected chi connectivity index (χ2v) is 9.91. The second kappa shape index (κ2) is 9.74. The lowest BCUT2D eigenvalue weighted by Crippen LogP contribution is -2.26. The molecule has 4 rings (SSSR count). The van der Waals surface area contributed by atoms with Gasteiger partial charge in [0.25, 0.3) is 10.0 Å². The molecule has 0 saturated heterocycles. The molecule has 0 saturated carbocycles. The first-order chi connectivity index (χ1) is 16.3. The van der Waals surface area contributed by atoms with Crippen molar-refractivity contribution in [3.63, 3.8) is 0 Å². The molecule has 0 fully saturated rings. The third kappa shape index (κ3) is 4.71. The van der Waals surface area contributed by atoms with Crippen molar-refractivity contribution in [1.29, 1.82) is 0 Å². The normalized spacial score (nSPS) is 11.5. The second-order valence-electron chi connectivity index (χ2n) is 7.54. The Bertz CT molecular complexity index is 1500. The highest BCUT2D eigenvalue weighted by molar-refractivity contribution is 7.92. The maximum atomic E-state index is 13.0. The molecule has 0 unspecified atom stereocenters. The van der Waals surface area contributed by atoms with Crippen LogP contribution in [0.25, 0.3) is 11.0 Å². The molecule has 0 aliphatic rings. The number of nitrogens with zero attached hydrogens (tertiary/aromatic N) is 2. The predicted octanol–water partition coefficient (Wildman–Crippen LogP) is 4.06. The number of benzene rings is 3. The van der Waals surface area contributed by atoms with Gasteiger partial charge in [-0.3, -0.25) is 8.87 Å². The summed E-state index contributed by atoms with van der Waals surface area (Å²) in [6, 6.07) is 19.8. The van der Waals surface area contributed by atoms with E-state index in [1.165, 1.54) is 25.2 Å². The van der Waals surface area contributed by atoms with E-state index in [2.05, 4.69) is 4.98 Å². The summed E-state index contributed by atoms with van der Waals surface area (Å²) in [5.41, 5.74) is 1.69. The number of sulfonamides is 1. The Hall–Kier alpha value is -3.56. The Morgan fingerprint density at radius 1 is 1.06 bits per heavy atom. The summed E-state index contributed by atoms with van der Waals surface area (Å²) < 4.78 is 34.1. The van der Waals surface area contributed by atoms with Gasteiger partial charge in [0.05, 0.1) is 38.8 Å². The summed E-state index contributed by atoms with van der Waals surface area (Å²) in [6.07, 6.45) is 0.389. The van der Waals surface area contributed by atoms with E-state index in [0.29, 0.717) is 18.7 Å². The number of H-pyrrole nitrogens is 1. The Morgan fingerprint density at radius 3 is 2.53 bits per heavy atom. The lowest BCUT2D eigenvalue weighted by Gasteiger charge is -2.20. The number of para-hydroxylation sites is 3. The van der Waals surface area contributed by atoms with E-state index in [-0.39, 0.29) is 27.8 Å². The number of carbonyl (C=O) groups is 1. The van der Waals surface area contributed by atoms with Crippen molar-refractivity contribution in [2.24, 2.45) is 0 Å². The number of carbonyl (C=O) groups excluding carboxylic acids is 1. The first-order valence-corrected chi connectivity index (χ1v) is 12.3. The smallest absolute Gasteiger partial charge is 0.339 e. The molecule has 0 amide bonds. The predicted molar refractivity (Wildman–Crippen MR) is 131 cm³/mol. The van der Waals surface area contributed by atoms with Gasteiger partial charge in [0.15, 0.2) is 0 Å². The van der Waals surface area contributed by atoms with Crippen molar-refractivity contribution in [2.75, 3.05) is 18.0 Å². The van der Waals surface area contributed by atoms with Gasteiger partial charge < -0.3 is 9.72 Å². The molecule has 1 N–H and O–H groups in total. The average molecular weight is 500 g/mol. The third-order valence-corrected chi connectivity index (χ3v) is 7.49. The Labute approximate surface area is 201 Å². The molecule has 0 spiro atoms. The number of rotatable bonds is 8. The van der Waals surface area contributed by atoms with Gasteiger partial charge in [-0.15, -0.1) is 0 Å². The van der Waals surface area contributed by atoms with Crippen molar-refractivity contribution < 1.29 is 17.9 Å². The minimum absolute atomic E-state index is 0.0298. The molecule has 176 valence electrons. The Morgan fingerprint density at radius 2 is 1.76 bits per heavy atom.